The minimum absolute atomic E-state index is 0.0341. The lowest BCUT2D eigenvalue weighted by molar-refractivity contribution is -0.142. The Balaban J connectivity index is 1.17. The highest BCUT2D eigenvalue weighted by Gasteiger charge is 2.46. The number of aliphatic carboxylic acids is 1. The Morgan fingerprint density at radius 2 is 1.52 bits per heavy atom. The molecule has 0 bridgehead atoms. The number of rotatable bonds is 9. The number of nitrogens with zero attached hydrogens (tertiary/aromatic N) is 3. The second-order valence-electron chi connectivity index (χ2n) is 13.0. The third-order valence-electron chi connectivity index (χ3n) is 10.4. The van der Waals surface area contributed by atoms with Gasteiger partial charge in [0.2, 0.25) is 5.91 Å². The molecule has 0 spiro atoms. The Hall–Kier alpha value is -3.43. The summed E-state index contributed by atoms with van der Waals surface area (Å²) < 4.78 is 0. The van der Waals surface area contributed by atoms with Crippen molar-refractivity contribution in [1.29, 1.82) is 0 Å². The van der Waals surface area contributed by atoms with Gasteiger partial charge < -0.3 is 14.9 Å². The molecule has 46 heavy (non-hydrogen) atoms. The van der Waals surface area contributed by atoms with Gasteiger partial charge in [-0.1, -0.05) is 77.8 Å². The molecule has 6 rings (SSSR count). The van der Waals surface area contributed by atoms with Crippen molar-refractivity contribution in [2.75, 3.05) is 45.8 Å². The molecular weight excluding hydrogens is 623 g/mol. The third kappa shape index (κ3) is 6.67. The molecule has 3 aliphatic heterocycles. The van der Waals surface area contributed by atoms with Crippen LogP contribution in [0.5, 0.6) is 0 Å². The van der Waals surface area contributed by atoms with E-state index in [1.165, 1.54) is 0 Å². The number of nitrogens with one attached hydrogen (secondary N) is 1. The summed E-state index contributed by atoms with van der Waals surface area (Å²) in [6.07, 6.45) is 3.48. The molecule has 0 aliphatic carbocycles. The van der Waals surface area contributed by atoms with E-state index >= 15 is 0 Å². The predicted octanol–water partition coefficient (Wildman–Crippen LogP) is 5.64. The Labute approximate surface area is 280 Å². The first kappa shape index (κ1) is 32.5. The molecule has 242 valence electrons. The summed E-state index contributed by atoms with van der Waals surface area (Å²) in [6, 6.07) is 25.2. The van der Waals surface area contributed by atoms with Crippen LogP contribution in [-0.2, 0) is 20.4 Å². The zero-order valence-corrected chi connectivity index (χ0v) is 27.3. The summed E-state index contributed by atoms with van der Waals surface area (Å²) in [7, 11) is 0. The SMILES string of the molecule is O=C(O)C1CCN(NC(=O)C2(c3ccccc3)CCN(CCC3(c4ccc(Cl)c(Cl)c4)CCN(C(=O)c4ccccc4)C3)CC2)C1. The lowest BCUT2D eigenvalue weighted by Crippen LogP contribution is -2.55. The summed E-state index contributed by atoms with van der Waals surface area (Å²) in [6.45, 7) is 4.39. The van der Waals surface area contributed by atoms with Crippen molar-refractivity contribution in [2.45, 2.75) is 42.9 Å². The smallest absolute Gasteiger partial charge is 0.307 e. The van der Waals surface area contributed by atoms with Gasteiger partial charge in [-0.05, 0) is 87.1 Å². The Morgan fingerprint density at radius 1 is 0.826 bits per heavy atom. The van der Waals surface area contributed by atoms with Crippen LogP contribution in [0.2, 0.25) is 10.0 Å². The summed E-state index contributed by atoms with van der Waals surface area (Å²) in [5.74, 6) is -1.32. The maximum absolute atomic E-state index is 14.0. The average Bonchev–Trinajstić information content (AvgIpc) is 3.74. The molecule has 3 aliphatic rings. The standard InChI is InChI=1S/C36H40Cl2N4O4/c37-30-12-11-29(23-31(30)38)35(15-22-41(25-35)32(43)26-7-3-1-4-8-26)14-19-40-20-16-36(17-21-40,28-9-5-2-6-10-28)34(46)39-42-18-13-27(24-42)33(44)45/h1-12,23,27H,13-22,24-25H2,(H,39,46)(H,44,45). The summed E-state index contributed by atoms with van der Waals surface area (Å²) in [5.41, 5.74) is 4.86. The van der Waals surface area contributed by atoms with Gasteiger partial charge in [-0.2, -0.15) is 0 Å². The van der Waals surface area contributed by atoms with Crippen LogP contribution < -0.4 is 5.43 Å². The minimum Gasteiger partial charge on any atom is -0.481 e. The normalized spacial score (nSPS) is 23.3. The van der Waals surface area contributed by atoms with Crippen molar-refractivity contribution in [3.8, 4) is 0 Å². The topological polar surface area (TPSA) is 93.2 Å². The van der Waals surface area contributed by atoms with Gasteiger partial charge in [0.05, 0.1) is 21.4 Å². The fourth-order valence-corrected chi connectivity index (χ4v) is 7.77. The highest BCUT2D eigenvalue weighted by atomic mass is 35.5. The fraction of sp³-hybridized carbons (Fsp3) is 0.417. The number of hydrogen-bond acceptors (Lipinski definition) is 5. The number of amides is 2. The largest absolute Gasteiger partial charge is 0.481 e. The van der Waals surface area contributed by atoms with Crippen molar-refractivity contribution < 1.29 is 19.5 Å². The zero-order chi connectivity index (χ0) is 32.3. The molecule has 8 nitrogen and oxygen atoms in total. The van der Waals surface area contributed by atoms with Crippen LogP contribution in [0.1, 0.15) is 53.6 Å². The maximum Gasteiger partial charge on any atom is 0.307 e. The molecule has 3 aromatic rings. The van der Waals surface area contributed by atoms with E-state index < -0.39 is 17.3 Å². The third-order valence-corrected chi connectivity index (χ3v) is 11.1. The van der Waals surface area contributed by atoms with Crippen LogP contribution in [0.15, 0.2) is 78.9 Å². The van der Waals surface area contributed by atoms with E-state index in [1.807, 2.05) is 83.8 Å². The molecule has 0 aromatic heterocycles. The quantitative estimate of drug-likeness (QED) is 0.308. The van der Waals surface area contributed by atoms with Crippen LogP contribution in [-0.4, -0.2) is 83.5 Å². The van der Waals surface area contributed by atoms with E-state index in [-0.39, 0.29) is 17.2 Å². The molecule has 2 amide bonds. The maximum atomic E-state index is 14.0. The minimum atomic E-state index is -0.823. The van der Waals surface area contributed by atoms with Gasteiger partial charge in [0.25, 0.3) is 5.91 Å². The number of carboxylic acid groups (broad SMARTS) is 1. The van der Waals surface area contributed by atoms with Crippen LogP contribution in [0.25, 0.3) is 0 Å². The van der Waals surface area contributed by atoms with Gasteiger partial charge in [-0.15, -0.1) is 0 Å². The van der Waals surface area contributed by atoms with E-state index in [2.05, 4.69) is 10.3 Å². The number of carbonyl (C=O) groups is 3. The highest BCUT2D eigenvalue weighted by molar-refractivity contribution is 6.42. The Kier molecular flexibility index (Phi) is 9.71. The molecule has 3 aromatic carbocycles. The second kappa shape index (κ2) is 13.7. The molecule has 10 heteroatoms. The fourth-order valence-electron chi connectivity index (χ4n) is 7.47. The number of benzene rings is 3. The Morgan fingerprint density at radius 3 is 2.17 bits per heavy atom. The number of hydrogen-bond donors (Lipinski definition) is 2. The van der Waals surface area contributed by atoms with E-state index in [0.717, 1.165) is 43.6 Å². The predicted molar refractivity (Wildman–Crippen MR) is 179 cm³/mol. The van der Waals surface area contributed by atoms with E-state index in [4.69, 9.17) is 23.2 Å². The lowest BCUT2D eigenvalue weighted by atomic mass is 9.71. The van der Waals surface area contributed by atoms with Crippen LogP contribution in [0, 0.1) is 5.92 Å². The van der Waals surface area contributed by atoms with Crippen molar-refractivity contribution in [3.63, 3.8) is 0 Å². The van der Waals surface area contributed by atoms with Crippen LogP contribution >= 0.6 is 23.2 Å². The van der Waals surface area contributed by atoms with Gasteiger partial charge in [0, 0.05) is 37.2 Å². The highest BCUT2D eigenvalue weighted by Crippen LogP contribution is 2.42. The van der Waals surface area contributed by atoms with Crippen molar-refractivity contribution in [3.05, 3.63) is 106 Å². The first-order valence-corrected chi connectivity index (χ1v) is 16.8. The number of piperidine rings is 1. The molecule has 3 saturated heterocycles. The molecule has 0 radical (unpaired) electrons. The van der Waals surface area contributed by atoms with Crippen LogP contribution in [0.3, 0.4) is 0 Å². The van der Waals surface area contributed by atoms with Crippen molar-refractivity contribution >= 4 is 41.0 Å². The lowest BCUT2D eigenvalue weighted by Gasteiger charge is -2.42. The summed E-state index contributed by atoms with van der Waals surface area (Å²) >= 11 is 12.8. The van der Waals surface area contributed by atoms with Gasteiger partial charge in [-0.3, -0.25) is 19.8 Å². The number of hydrazine groups is 1. The Bertz CT molecular complexity index is 1560. The molecule has 0 saturated carbocycles. The number of carbonyl (C=O) groups excluding carboxylic acids is 2. The second-order valence-corrected chi connectivity index (χ2v) is 13.8. The summed E-state index contributed by atoms with van der Waals surface area (Å²) in [5, 5.41) is 12.2. The average molecular weight is 664 g/mol. The van der Waals surface area contributed by atoms with Gasteiger partial charge in [-0.25, -0.2) is 5.01 Å². The molecular formula is C36H40Cl2N4O4. The van der Waals surface area contributed by atoms with Crippen molar-refractivity contribution in [2.24, 2.45) is 5.92 Å². The monoisotopic (exact) mass is 662 g/mol. The first-order chi connectivity index (χ1) is 22.2. The molecule has 2 atom stereocenters. The number of halogens is 2. The molecule has 2 N–H and O–H groups in total. The van der Waals surface area contributed by atoms with E-state index in [9.17, 15) is 19.5 Å². The van der Waals surface area contributed by atoms with Gasteiger partial charge in [0.15, 0.2) is 0 Å². The van der Waals surface area contributed by atoms with E-state index in [1.54, 1.807) is 5.01 Å². The molecule has 3 fully saturated rings. The van der Waals surface area contributed by atoms with Gasteiger partial charge >= 0.3 is 5.97 Å². The molecule has 3 heterocycles. The zero-order valence-electron chi connectivity index (χ0n) is 25.8. The first-order valence-electron chi connectivity index (χ1n) is 16.1. The number of carboxylic acids is 1. The molecule has 2 unspecified atom stereocenters. The number of likely N-dealkylation sites (tertiary alicyclic amines) is 2. The summed E-state index contributed by atoms with van der Waals surface area (Å²) in [4.78, 5) is 43.3. The van der Waals surface area contributed by atoms with E-state index in [0.29, 0.717) is 61.1 Å². The van der Waals surface area contributed by atoms with Gasteiger partial charge in [0.1, 0.15) is 0 Å². The van der Waals surface area contributed by atoms with Crippen molar-refractivity contribution in [1.82, 2.24) is 20.2 Å². The van der Waals surface area contributed by atoms with Crippen LogP contribution in [0.4, 0.5) is 0 Å².